The highest BCUT2D eigenvalue weighted by atomic mass is 35.5. The third-order valence-corrected chi connectivity index (χ3v) is 2.84. The zero-order valence-corrected chi connectivity index (χ0v) is 10.9. The van der Waals surface area contributed by atoms with Gasteiger partial charge < -0.3 is 15.0 Å². The molecule has 1 heterocycles. The van der Waals surface area contributed by atoms with E-state index in [4.69, 9.17) is 0 Å². The number of esters is 1. The van der Waals surface area contributed by atoms with Gasteiger partial charge in [-0.05, 0) is 18.2 Å². The third kappa shape index (κ3) is 3.11. The first-order valence-electron chi connectivity index (χ1n) is 5.56. The summed E-state index contributed by atoms with van der Waals surface area (Å²) in [6.45, 7) is 3.49. The molecular formula is C12H16ClFN2O2. The molecule has 100 valence electrons. The number of hydrogen-bond acceptors (Lipinski definition) is 4. The Balaban J connectivity index is 0.00000162. The van der Waals surface area contributed by atoms with Gasteiger partial charge in [0, 0.05) is 31.9 Å². The summed E-state index contributed by atoms with van der Waals surface area (Å²) in [5.41, 5.74) is 0.844. The summed E-state index contributed by atoms with van der Waals surface area (Å²) in [6.07, 6.45) is 0. The van der Waals surface area contributed by atoms with Crippen molar-refractivity contribution in [2.24, 2.45) is 0 Å². The first-order chi connectivity index (χ1) is 8.22. The van der Waals surface area contributed by atoms with Crippen molar-refractivity contribution in [3.8, 4) is 0 Å². The number of carbonyl (C=O) groups is 1. The van der Waals surface area contributed by atoms with E-state index >= 15 is 0 Å². The van der Waals surface area contributed by atoms with Crippen molar-refractivity contribution in [3.63, 3.8) is 0 Å². The average molecular weight is 275 g/mol. The highest BCUT2D eigenvalue weighted by Crippen LogP contribution is 2.20. The minimum Gasteiger partial charge on any atom is -0.465 e. The zero-order chi connectivity index (χ0) is 12.3. The van der Waals surface area contributed by atoms with Crippen LogP contribution in [0.3, 0.4) is 0 Å². The quantitative estimate of drug-likeness (QED) is 0.829. The maximum atomic E-state index is 13.4. The fraction of sp³-hybridized carbons (Fsp3) is 0.417. The lowest BCUT2D eigenvalue weighted by molar-refractivity contribution is 0.0595. The summed E-state index contributed by atoms with van der Waals surface area (Å²) in [4.78, 5) is 13.5. The second-order valence-electron chi connectivity index (χ2n) is 3.89. The van der Waals surface area contributed by atoms with Crippen molar-refractivity contribution in [2.75, 3.05) is 38.2 Å². The Morgan fingerprint density at radius 3 is 2.67 bits per heavy atom. The fourth-order valence-corrected chi connectivity index (χ4v) is 1.90. The van der Waals surface area contributed by atoms with Crippen molar-refractivity contribution in [2.45, 2.75) is 0 Å². The second kappa shape index (κ2) is 6.56. The molecule has 18 heavy (non-hydrogen) atoms. The molecule has 1 aliphatic rings. The number of halogens is 2. The van der Waals surface area contributed by atoms with E-state index in [1.54, 1.807) is 12.1 Å². The van der Waals surface area contributed by atoms with Gasteiger partial charge in [0.15, 0.2) is 0 Å². The lowest BCUT2D eigenvalue weighted by Gasteiger charge is -2.29. The summed E-state index contributed by atoms with van der Waals surface area (Å²) >= 11 is 0. The maximum Gasteiger partial charge on any atom is 0.340 e. The second-order valence-corrected chi connectivity index (χ2v) is 3.89. The van der Waals surface area contributed by atoms with E-state index in [9.17, 15) is 9.18 Å². The highest BCUT2D eigenvalue weighted by molar-refractivity contribution is 5.90. The zero-order valence-electron chi connectivity index (χ0n) is 10.1. The SMILES string of the molecule is COC(=O)c1cc(N2CCNCC2)ccc1F.Cl. The van der Waals surface area contributed by atoms with Crippen LogP contribution in [0.2, 0.25) is 0 Å². The molecule has 1 aromatic rings. The number of ether oxygens (including phenoxy) is 1. The van der Waals surface area contributed by atoms with Crippen LogP contribution in [-0.4, -0.2) is 39.3 Å². The Morgan fingerprint density at radius 2 is 2.06 bits per heavy atom. The Morgan fingerprint density at radius 1 is 1.39 bits per heavy atom. The van der Waals surface area contributed by atoms with Gasteiger partial charge in [0.25, 0.3) is 0 Å². The monoisotopic (exact) mass is 274 g/mol. The van der Waals surface area contributed by atoms with Gasteiger partial charge in [-0.15, -0.1) is 12.4 Å². The average Bonchev–Trinajstić information content (AvgIpc) is 2.39. The molecule has 0 radical (unpaired) electrons. The molecule has 0 atom stereocenters. The normalized spacial score (nSPS) is 14.9. The number of piperazine rings is 1. The highest BCUT2D eigenvalue weighted by Gasteiger charge is 2.16. The van der Waals surface area contributed by atoms with Crippen LogP contribution >= 0.6 is 12.4 Å². The number of nitrogens with zero attached hydrogens (tertiary/aromatic N) is 1. The van der Waals surface area contributed by atoms with Crippen LogP contribution in [-0.2, 0) is 4.74 Å². The molecule has 1 aliphatic heterocycles. The van der Waals surface area contributed by atoms with E-state index in [1.165, 1.54) is 13.2 Å². The molecule has 2 rings (SSSR count). The van der Waals surface area contributed by atoms with Gasteiger partial charge in [0.2, 0.25) is 0 Å². The van der Waals surface area contributed by atoms with Crippen molar-refractivity contribution in [1.29, 1.82) is 0 Å². The molecular weight excluding hydrogens is 259 g/mol. The number of nitrogens with one attached hydrogen (secondary N) is 1. The molecule has 0 bridgehead atoms. The first-order valence-corrected chi connectivity index (χ1v) is 5.56. The molecule has 0 amide bonds. The molecule has 0 unspecified atom stereocenters. The van der Waals surface area contributed by atoms with Gasteiger partial charge in [-0.3, -0.25) is 0 Å². The predicted octanol–water partition coefficient (Wildman–Crippen LogP) is 1.44. The van der Waals surface area contributed by atoms with E-state index in [1.807, 2.05) is 0 Å². The topological polar surface area (TPSA) is 41.6 Å². The van der Waals surface area contributed by atoms with Crippen molar-refractivity contribution in [1.82, 2.24) is 5.32 Å². The van der Waals surface area contributed by atoms with Crippen molar-refractivity contribution < 1.29 is 13.9 Å². The van der Waals surface area contributed by atoms with Crippen molar-refractivity contribution >= 4 is 24.1 Å². The molecule has 4 nitrogen and oxygen atoms in total. The number of rotatable bonds is 2. The van der Waals surface area contributed by atoms with Gasteiger partial charge in [-0.25, -0.2) is 9.18 Å². The lowest BCUT2D eigenvalue weighted by atomic mass is 10.1. The molecule has 1 saturated heterocycles. The van der Waals surface area contributed by atoms with E-state index in [-0.39, 0.29) is 18.0 Å². The largest absolute Gasteiger partial charge is 0.465 e. The van der Waals surface area contributed by atoms with Gasteiger partial charge in [-0.2, -0.15) is 0 Å². The summed E-state index contributed by atoms with van der Waals surface area (Å²) in [5.74, 6) is -1.18. The summed E-state index contributed by atoms with van der Waals surface area (Å²) in [5, 5.41) is 3.24. The van der Waals surface area contributed by atoms with Gasteiger partial charge in [0.1, 0.15) is 5.82 Å². The number of benzene rings is 1. The summed E-state index contributed by atoms with van der Waals surface area (Å²) in [6, 6.07) is 4.54. The minimum atomic E-state index is -0.639. The molecule has 0 saturated carbocycles. The smallest absolute Gasteiger partial charge is 0.340 e. The Bertz CT molecular complexity index is 423. The lowest BCUT2D eigenvalue weighted by Crippen LogP contribution is -2.43. The molecule has 1 aromatic carbocycles. The maximum absolute atomic E-state index is 13.4. The summed E-state index contributed by atoms with van der Waals surface area (Å²) in [7, 11) is 1.25. The van der Waals surface area contributed by atoms with Crippen LogP contribution in [0.1, 0.15) is 10.4 Å². The predicted molar refractivity (Wildman–Crippen MR) is 70.1 cm³/mol. The van der Waals surface area contributed by atoms with Crippen LogP contribution in [0.15, 0.2) is 18.2 Å². The molecule has 0 aromatic heterocycles. The van der Waals surface area contributed by atoms with Crippen LogP contribution in [0, 0.1) is 5.82 Å². The van der Waals surface area contributed by atoms with Crippen LogP contribution in [0.4, 0.5) is 10.1 Å². The van der Waals surface area contributed by atoms with Gasteiger partial charge in [0.05, 0.1) is 12.7 Å². The van der Waals surface area contributed by atoms with Gasteiger partial charge >= 0.3 is 5.97 Å². The Hall–Kier alpha value is -1.33. The van der Waals surface area contributed by atoms with Crippen LogP contribution in [0.5, 0.6) is 0 Å². The molecule has 0 spiro atoms. The van der Waals surface area contributed by atoms with Crippen molar-refractivity contribution in [3.05, 3.63) is 29.6 Å². The molecule has 0 aliphatic carbocycles. The van der Waals surface area contributed by atoms with Crippen LogP contribution < -0.4 is 10.2 Å². The number of methoxy groups -OCH3 is 1. The minimum absolute atomic E-state index is 0. The summed E-state index contributed by atoms with van der Waals surface area (Å²) < 4.78 is 18.0. The molecule has 1 N–H and O–H groups in total. The fourth-order valence-electron chi connectivity index (χ4n) is 1.90. The third-order valence-electron chi connectivity index (χ3n) is 2.84. The van der Waals surface area contributed by atoms with E-state index < -0.39 is 11.8 Å². The Kier molecular flexibility index (Phi) is 5.37. The number of hydrogen-bond donors (Lipinski definition) is 1. The molecule has 6 heteroatoms. The number of carbonyl (C=O) groups excluding carboxylic acids is 1. The first kappa shape index (κ1) is 14.7. The Labute approximate surface area is 112 Å². The standard InChI is InChI=1S/C12H15FN2O2.ClH/c1-17-12(16)10-8-9(2-3-11(10)13)15-6-4-14-5-7-15;/h2-3,8,14H,4-7H2,1H3;1H. The number of anilines is 1. The van der Waals surface area contributed by atoms with Crippen LogP contribution in [0.25, 0.3) is 0 Å². The van der Waals surface area contributed by atoms with E-state index in [2.05, 4.69) is 15.0 Å². The van der Waals surface area contributed by atoms with E-state index in [0.29, 0.717) is 0 Å². The molecule has 1 fully saturated rings. The van der Waals surface area contributed by atoms with Gasteiger partial charge in [-0.1, -0.05) is 0 Å². The van der Waals surface area contributed by atoms with E-state index in [0.717, 1.165) is 31.9 Å².